The molecule has 0 aromatic carbocycles. The first-order valence-electron chi connectivity index (χ1n) is 8.42. The normalized spacial score (nSPS) is 20.3. The molecule has 1 fully saturated rings. The second kappa shape index (κ2) is 7.13. The highest BCUT2D eigenvalue weighted by atomic mass is 28.3. The summed E-state index contributed by atoms with van der Waals surface area (Å²) in [4.78, 5) is 12.3. The lowest BCUT2D eigenvalue weighted by Crippen LogP contribution is -2.27. The molecule has 3 heteroatoms. The van der Waals surface area contributed by atoms with Crippen LogP contribution in [-0.2, 0) is 9.53 Å². The summed E-state index contributed by atoms with van der Waals surface area (Å²) in [7, 11) is -1.31. The second-order valence-electron chi connectivity index (χ2n) is 8.68. The van der Waals surface area contributed by atoms with Crippen LogP contribution in [0.3, 0.4) is 0 Å². The van der Waals surface area contributed by atoms with Crippen molar-refractivity contribution in [2.24, 2.45) is 11.3 Å². The maximum Gasteiger partial charge on any atom is 0.333 e. The molecule has 1 aliphatic carbocycles. The molecule has 0 atom stereocenters. The summed E-state index contributed by atoms with van der Waals surface area (Å²) in [6, 6.07) is 0.960. The van der Waals surface area contributed by atoms with E-state index >= 15 is 0 Å². The highest BCUT2D eigenvalue weighted by Crippen LogP contribution is 2.41. The third-order valence-corrected chi connectivity index (χ3v) is 5.88. The van der Waals surface area contributed by atoms with E-state index in [2.05, 4.69) is 40.4 Å². The van der Waals surface area contributed by atoms with Gasteiger partial charge in [0.25, 0.3) is 0 Å². The van der Waals surface area contributed by atoms with Gasteiger partial charge in [-0.2, -0.15) is 0 Å². The van der Waals surface area contributed by atoms with Gasteiger partial charge in [0.1, 0.15) is 0 Å². The summed E-state index contributed by atoms with van der Waals surface area (Å²) in [5.74, 6) is 0.723. The molecule has 0 unspecified atom stereocenters. The molecule has 0 bridgehead atoms. The van der Waals surface area contributed by atoms with Gasteiger partial charge in [-0.25, -0.2) is 4.79 Å². The van der Waals surface area contributed by atoms with E-state index in [1.807, 2.05) is 6.92 Å². The largest absolute Gasteiger partial charge is 0.463 e. The molecule has 1 rings (SSSR count). The SMILES string of the molecule is CCOC(=O)C(C[Si](C)(C)C)=C1CCC(C(C)(C)C)CC1. The second-order valence-corrected chi connectivity index (χ2v) is 14.2. The summed E-state index contributed by atoms with van der Waals surface area (Å²) >= 11 is 0. The monoisotopic (exact) mass is 310 g/mol. The van der Waals surface area contributed by atoms with Crippen LogP contribution in [0.1, 0.15) is 53.4 Å². The first kappa shape index (κ1) is 18.5. The molecule has 21 heavy (non-hydrogen) atoms. The van der Waals surface area contributed by atoms with Crippen LogP contribution >= 0.6 is 0 Å². The van der Waals surface area contributed by atoms with Gasteiger partial charge in [-0.15, -0.1) is 0 Å². The van der Waals surface area contributed by atoms with Crippen molar-refractivity contribution < 1.29 is 9.53 Å². The van der Waals surface area contributed by atoms with Crippen LogP contribution in [0.15, 0.2) is 11.1 Å². The number of carbonyl (C=O) groups excluding carboxylic acids is 1. The average Bonchev–Trinajstić information content (AvgIpc) is 2.34. The lowest BCUT2D eigenvalue weighted by atomic mass is 9.71. The van der Waals surface area contributed by atoms with Gasteiger partial charge in [-0.1, -0.05) is 46.0 Å². The highest BCUT2D eigenvalue weighted by molar-refractivity contribution is 6.77. The minimum atomic E-state index is -1.31. The molecule has 0 aliphatic heterocycles. The molecule has 2 nitrogen and oxygen atoms in total. The first-order valence-corrected chi connectivity index (χ1v) is 12.1. The summed E-state index contributed by atoms with van der Waals surface area (Å²) in [5, 5.41) is 0. The van der Waals surface area contributed by atoms with E-state index < -0.39 is 8.07 Å². The van der Waals surface area contributed by atoms with Crippen LogP contribution in [0.2, 0.25) is 25.7 Å². The third-order valence-electron chi connectivity index (χ3n) is 4.47. The van der Waals surface area contributed by atoms with Crippen LogP contribution in [0.4, 0.5) is 0 Å². The molecule has 0 spiro atoms. The molecular formula is C18H34O2Si. The van der Waals surface area contributed by atoms with Crippen LogP contribution in [-0.4, -0.2) is 20.7 Å². The summed E-state index contributed by atoms with van der Waals surface area (Å²) < 4.78 is 5.32. The van der Waals surface area contributed by atoms with Gasteiger partial charge in [0.2, 0.25) is 0 Å². The Kier molecular flexibility index (Phi) is 6.27. The predicted octanol–water partition coefficient (Wildman–Crippen LogP) is 5.42. The molecular weight excluding hydrogens is 276 g/mol. The molecule has 1 saturated carbocycles. The summed E-state index contributed by atoms with van der Waals surface area (Å²) in [5.41, 5.74) is 2.79. The first-order chi connectivity index (χ1) is 9.54. The maximum absolute atomic E-state index is 12.3. The fourth-order valence-corrected chi connectivity index (χ4v) is 4.68. The molecule has 1 aliphatic rings. The van der Waals surface area contributed by atoms with Gasteiger partial charge in [0, 0.05) is 13.6 Å². The van der Waals surface area contributed by atoms with Crippen molar-refractivity contribution in [1.29, 1.82) is 0 Å². The van der Waals surface area contributed by atoms with E-state index in [1.54, 1.807) is 0 Å². The van der Waals surface area contributed by atoms with Crippen LogP contribution in [0.25, 0.3) is 0 Å². The van der Waals surface area contributed by atoms with Gasteiger partial charge in [-0.3, -0.25) is 0 Å². The van der Waals surface area contributed by atoms with Gasteiger partial charge in [0.05, 0.1) is 6.61 Å². The zero-order valence-electron chi connectivity index (χ0n) is 15.1. The Morgan fingerprint density at radius 2 is 1.71 bits per heavy atom. The Balaban J connectivity index is 2.90. The minimum absolute atomic E-state index is 0.0517. The van der Waals surface area contributed by atoms with Gasteiger partial charge < -0.3 is 4.74 Å². The highest BCUT2D eigenvalue weighted by Gasteiger charge is 2.31. The average molecular weight is 311 g/mol. The molecule has 0 radical (unpaired) electrons. The van der Waals surface area contributed by atoms with Crippen LogP contribution in [0, 0.1) is 11.3 Å². The number of ether oxygens (including phenoxy) is 1. The standard InChI is InChI=1S/C18H34O2Si/c1-8-20-17(19)16(13-21(5,6)7)14-9-11-15(12-10-14)18(2,3)4/h15H,8-13H2,1-7H3. The van der Waals surface area contributed by atoms with E-state index in [0.717, 1.165) is 30.4 Å². The smallest absolute Gasteiger partial charge is 0.333 e. The fraction of sp³-hybridized carbons (Fsp3) is 0.833. The zero-order chi connectivity index (χ0) is 16.3. The number of rotatable bonds is 4. The minimum Gasteiger partial charge on any atom is -0.463 e. The van der Waals surface area contributed by atoms with E-state index in [0.29, 0.717) is 12.0 Å². The quantitative estimate of drug-likeness (QED) is 0.393. The Labute approximate surface area is 132 Å². The molecule has 0 aromatic heterocycles. The lowest BCUT2D eigenvalue weighted by molar-refractivity contribution is -0.138. The molecule has 122 valence electrons. The number of hydrogen-bond donors (Lipinski definition) is 0. The fourth-order valence-electron chi connectivity index (χ4n) is 3.22. The predicted molar refractivity (Wildman–Crippen MR) is 93.2 cm³/mol. The molecule has 0 aromatic rings. The molecule has 0 saturated heterocycles. The van der Waals surface area contributed by atoms with E-state index in [4.69, 9.17) is 4.74 Å². The van der Waals surface area contributed by atoms with Crippen LogP contribution < -0.4 is 0 Å². The summed E-state index contributed by atoms with van der Waals surface area (Å²) in [6.07, 6.45) is 4.60. The summed E-state index contributed by atoms with van der Waals surface area (Å²) in [6.45, 7) is 16.4. The van der Waals surface area contributed by atoms with Crippen molar-refractivity contribution in [2.45, 2.75) is 79.1 Å². The zero-order valence-corrected chi connectivity index (χ0v) is 16.1. The third kappa shape index (κ3) is 5.97. The lowest BCUT2D eigenvalue weighted by Gasteiger charge is -2.35. The van der Waals surface area contributed by atoms with Crippen molar-refractivity contribution >= 4 is 14.0 Å². The van der Waals surface area contributed by atoms with Crippen molar-refractivity contribution in [3.8, 4) is 0 Å². The Bertz CT molecular complexity index is 386. The van der Waals surface area contributed by atoms with Crippen molar-refractivity contribution in [1.82, 2.24) is 0 Å². The number of hydrogen-bond acceptors (Lipinski definition) is 2. The molecule has 0 heterocycles. The Morgan fingerprint density at radius 3 is 2.10 bits per heavy atom. The Morgan fingerprint density at radius 1 is 1.19 bits per heavy atom. The van der Waals surface area contributed by atoms with E-state index in [1.165, 1.54) is 18.4 Å². The van der Waals surface area contributed by atoms with Gasteiger partial charge in [0.15, 0.2) is 0 Å². The van der Waals surface area contributed by atoms with E-state index in [9.17, 15) is 4.79 Å². The van der Waals surface area contributed by atoms with Gasteiger partial charge >= 0.3 is 5.97 Å². The van der Waals surface area contributed by atoms with Gasteiger partial charge in [-0.05, 0) is 50.0 Å². The Hall–Kier alpha value is -0.573. The van der Waals surface area contributed by atoms with Crippen molar-refractivity contribution in [2.75, 3.05) is 6.61 Å². The van der Waals surface area contributed by atoms with E-state index in [-0.39, 0.29) is 5.97 Å². The van der Waals surface area contributed by atoms with Crippen molar-refractivity contribution in [3.63, 3.8) is 0 Å². The molecule has 0 amide bonds. The molecule has 0 N–H and O–H groups in total. The number of allylic oxidation sites excluding steroid dienone is 1. The topological polar surface area (TPSA) is 26.3 Å². The number of carbonyl (C=O) groups is 1. The maximum atomic E-state index is 12.3. The van der Waals surface area contributed by atoms with Crippen LogP contribution in [0.5, 0.6) is 0 Å². The number of esters is 1. The van der Waals surface area contributed by atoms with Crippen molar-refractivity contribution in [3.05, 3.63) is 11.1 Å².